The number of benzene rings is 2. The molecular weight excluding hydrogens is 804 g/mol. The quantitative estimate of drug-likeness (QED) is 0.129. The van der Waals surface area contributed by atoms with Crippen LogP contribution in [0, 0.1) is 32.8 Å². The van der Waals surface area contributed by atoms with E-state index >= 15 is 0 Å². The Kier molecular flexibility index (Phi) is 11.5. The molecule has 0 saturated heterocycles. The molecule has 216 valence electrons. The van der Waals surface area contributed by atoms with Crippen molar-refractivity contribution in [1.29, 1.82) is 0 Å². The van der Waals surface area contributed by atoms with Crippen molar-refractivity contribution >= 4 is 20.2 Å². The summed E-state index contributed by atoms with van der Waals surface area (Å²) >= 11 is 0.0105. The third-order valence-electron chi connectivity index (χ3n) is 4.97. The molecule has 2 unspecified atom stereocenters. The van der Waals surface area contributed by atoms with Gasteiger partial charge in [0, 0.05) is 0 Å². The van der Waals surface area contributed by atoms with Gasteiger partial charge in [0.25, 0.3) is 0 Å². The average molecular weight is 824 g/mol. The Morgan fingerprint density at radius 2 is 0.897 bits per heavy atom. The summed E-state index contributed by atoms with van der Waals surface area (Å²) in [5.74, 6) is 1.52. The van der Waals surface area contributed by atoms with Crippen LogP contribution in [-0.4, -0.2) is 37.0 Å². The molecule has 4 rings (SSSR count). The minimum absolute atomic E-state index is 0.00525. The molecule has 16 heteroatoms. The Balaban J connectivity index is 0.000000277. The fourth-order valence-corrected chi connectivity index (χ4v) is 10.3. The van der Waals surface area contributed by atoms with Crippen molar-refractivity contribution in [1.82, 2.24) is 0 Å². The Hall–Kier alpha value is -1.22. The molecule has 0 aromatic heterocycles. The van der Waals surface area contributed by atoms with Crippen molar-refractivity contribution in [2.45, 2.75) is 31.3 Å². The predicted molar refractivity (Wildman–Crippen MR) is 119 cm³/mol. The number of aryl methyl sites for hydroxylation is 2. The molecule has 0 aliphatic heterocycles. The number of allylic oxidation sites excluding steroid dienone is 4. The topological polar surface area (TPSA) is 114 Å². The van der Waals surface area contributed by atoms with Crippen molar-refractivity contribution < 1.29 is 94.7 Å². The molecule has 0 saturated carbocycles. The second-order valence-corrected chi connectivity index (χ2v) is 16.7. The van der Waals surface area contributed by atoms with Crippen LogP contribution in [0.5, 0.6) is 0 Å². The maximum absolute atomic E-state index is 10.7. The monoisotopic (exact) mass is 824 g/mol. The molecule has 0 radical (unpaired) electrons. The number of fused-ring (bicyclic) bond motifs is 2. The lowest BCUT2D eigenvalue weighted by atomic mass is 10.2. The number of hydrogen-bond donors (Lipinski definition) is 0. The predicted octanol–water partition coefficient (Wildman–Crippen LogP) is -0.959. The van der Waals surface area contributed by atoms with Gasteiger partial charge < -0.3 is 9.11 Å². The highest BCUT2D eigenvalue weighted by Gasteiger charge is 2.50. The maximum atomic E-state index is 10.7. The van der Waals surface area contributed by atoms with E-state index in [1.807, 2.05) is 7.16 Å². The van der Waals surface area contributed by atoms with Crippen LogP contribution in [0.2, 0.25) is 0 Å². The summed E-state index contributed by atoms with van der Waals surface area (Å²) in [6, 6.07) is 18.5. The standard InChI is InChI=1S/C21H20I2.2CHF3O3S/c1-14-3-9-18(10-4-14)22-20-16-7-8-17(13-16)21(20)23-19-11-5-15(2)6-12-19;2*2-1(3,4)8(5,6)7/h3-12,16-17H,13H2,1-2H3;2*(H,5,6,7)/q+2;;/p-2. The fourth-order valence-electron chi connectivity index (χ4n) is 3.09. The third-order valence-corrected chi connectivity index (χ3v) is 13.7. The van der Waals surface area contributed by atoms with Gasteiger partial charge >= 0.3 is 53.4 Å². The maximum Gasteiger partial charge on any atom is 0.485 e. The van der Waals surface area contributed by atoms with Gasteiger partial charge in [0.05, 0.1) is 11.8 Å². The minimum atomic E-state index is -6.09. The Bertz CT molecular complexity index is 1310. The molecule has 0 fully saturated rings. The van der Waals surface area contributed by atoms with Gasteiger partial charge in [-0.2, -0.15) is 26.3 Å². The summed E-state index contributed by atoms with van der Waals surface area (Å²) in [5.41, 5.74) is -8.56. The Morgan fingerprint density at radius 3 is 1.13 bits per heavy atom. The fraction of sp³-hybridized carbons (Fsp3) is 0.304. The van der Waals surface area contributed by atoms with Crippen molar-refractivity contribution in [2.75, 3.05) is 0 Å². The van der Waals surface area contributed by atoms with Gasteiger partial charge in [0.1, 0.15) is 0 Å². The molecule has 2 atom stereocenters. The van der Waals surface area contributed by atoms with Crippen LogP contribution in [0.15, 0.2) is 67.8 Å². The van der Waals surface area contributed by atoms with E-state index in [9.17, 15) is 26.3 Å². The van der Waals surface area contributed by atoms with E-state index in [1.54, 1.807) is 7.14 Å². The summed E-state index contributed by atoms with van der Waals surface area (Å²) < 4.78 is 125. The first-order valence-corrected chi connectivity index (χ1v) is 17.7. The highest BCUT2D eigenvalue weighted by Crippen LogP contribution is 2.36. The molecule has 0 spiro atoms. The van der Waals surface area contributed by atoms with Crippen LogP contribution in [-0.2, 0) is 20.2 Å². The SMILES string of the molecule is Cc1ccc([I+]C2=C([I+]c3ccc(C)cc3)C3C=CC2C3)cc1.O=S(=O)([O-])C(F)(F)F.O=S(=O)([O-])C(F)(F)F. The molecule has 2 aromatic rings. The van der Waals surface area contributed by atoms with Gasteiger partial charge in [-0.05, 0) is 44.5 Å². The summed E-state index contributed by atoms with van der Waals surface area (Å²) in [6.07, 6.45) is 6.33. The summed E-state index contributed by atoms with van der Waals surface area (Å²) in [5, 5.41) is 0. The molecule has 2 aliphatic rings. The highest BCUT2D eigenvalue weighted by atomic mass is 127. The summed E-state index contributed by atoms with van der Waals surface area (Å²) in [7, 11) is -12.2. The third kappa shape index (κ3) is 10.3. The molecule has 2 bridgehead atoms. The largest absolute Gasteiger partial charge is 0.741 e. The molecule has 0 N–H and O–H groups in total. The van der Waals surface area contributed by atoms with Gasteiger partial charge in [0.2, 0.25) is 7.16 Å². The van der Waals surface area contributed by atoms with Crippen molar-refractivity contribution in [3.05, 3.63) is 86.1 Å². The lowest BCUT2D eigenvalue weighted by Crippen LogP contribution is -3.66. The minimum Gasteiger partial charge on any atom is -0.741 e. The van der Waals surface area contributed by atoms with Crippen molar-refractivity contribution in [3.63, 3.8) is 0 Å². The zero-order valence-corrected chi connectivity index (χ0v) is 25.9. The second kappa shape index (κ2) is 13.2. The molecule has 2 aliphatic carbocycles. The van der Waals surface area contributed by atoms with Crippen LogP contribution >= 0.6 is 0 Å². The van der Waals surface area contributed by atoms with E-state index in [4.69, 9.17) is 25.9 Å². The van der Waals surface area contributed by atoms with E-state index in [2.05, 4.69) is 74.5 Å². The highest BCUT2D eigenvalue weighted by molar-refractivity contribution is 7.86. The van der Waals surface area contributed by atoms with Gasteiger partial charge in [0.15, 0.2) is 27.4 Å². The molecule has 0 amide bonds. The molecule has 6 nitrogen and oxygen atoms in total. The lowest BCUT2D eigenvalue weighted by molar-refractivity contribution is -0.622. The number of hydrogen-bond acceptors (Lipinski definition) is 6. The zero-order chi connectivity index (χ0) is 29.8. The van der Waals surface area contributed by atoms with Crippen molar-refractivity contribution in [2.24, 2.45) is 11.8 Å². The van der Waals surface area contributed by atoms with Gasteiger partial charge in [-0.3, -0.25) is 0 Å². The molecular formula is C23H20F6I2O6S2. The summed E-state index contributed by atoms with van der Waals surface area (Å²) in [4.78, 5) is 0. The van der Waals surface area contributed by atoms with Gasteiger partial charge in [-0.15, -0.1) is 0 Å². The second-order valence-electron chi connectivity index (χ2n) is 8.11. The smallest absolute Gasteiger partial charge is 0.485 e. The van der Waals surface area contributed by atoms with Gasteiger partial charge in [-0.1, -0.05) is 47.5 Å². The lowest BCUT2D eigenvalue weighted by Gasteiger charge is -2.08. The van der Waals surface area contributed by atoms with E-state index in [1.165, 1.54) is 17.5 Å². The van der Waals surface area contributed by atoms with E-state index in [0.717, 1.165) is 11.8 Å². The van der Waals surface area contributed by atoms with E-state index < -0.39 is 31.3 Å². The van der Waals surface area contributed by atoms with Crippen LogP contribution in [0.1, 0.15) is 17.5 Å². The molecule has 2 aromatic carbocycles. The normalized spacial score (nSPS) is 18.8. The average Bonchev–Trinajstić information content (AvgIpc) is 3.38. The first kappa shape index (κ1) is 34.0. The first-order chi connectivity index (χ1) is 17.7. The first-order valence-electron chi connectivity index (χ1n) is 10.6. The van der Waals surface area contributed by atoms with Crippen LogP contribution in [0.3, 0.4) is 0 Å². The van der Waals surface area contributed by atoms with Crippen LogP contribution in [0.25, 0.3) is 0 Å². The number of alkyl halides is 6. The number of rotatable bonds is 4. The van der Waals surface area contributed by atoms with Crippen LogP contribution in [0.4, 0.5) is 26.3 Å². The summed E-state index contributed by atoms with van der Waals surface area (Å²) in [6.45, 7) is 4.35. The van der Waals surface area contributed by atoms with Crippen molar-refractivity contribution in [3.8, 4) is 0 Å². The van der Waals surface area contributed by atoms with E-state index in [-0.39, 0.29) is 42.4 Å². The van der Waals surface area contributed by atoms with Gasteiger partial charge in [-0.25, -0.2) is 16.8 Å². The zero-order valence-electron chi connectivity index (χ0n) is 19.9. The Labute approximate surface area is 242 Å². The number of halogens is 8. The molecule has 39 heavy (non-hydrogen) atoms. The van der Waals surface area contributed by atoms with E-state index in [0.29, 0.717) is 0 Å². The Morgan fingerprint density at radius 1 is 0.641 bits per heavy atom. The molecule has 0 heterocycles. The van der Waals surface area contributed by atoms with Crippen LogP contribution < -0.4 is 42.4 Å².